The van der Waals surface area contributed by atoms with Crippen molar-refractivity contribution in [3.63, 3.8) is 0 Å². The third-order valence-corrected chi connectivity index (χ3v) is 3.55. The minimum absolute atomic E-state index is 0.349. The molecule has 24 heavy (non-hydrogen) atoms. The first-order valence-electron chi connectivity index (χ1n) is 8.43. The summed E-state index contributed by atoms with van der Waals surface area (Å²) in [5.74, 6) is -1.35. The summed E-state index contributed by atoms with van der Waals surface area (Å²) in [6.45, 7) is 2.18. The van der Waals surface area contributed by atoms with E-state index in [9.17, 15) is 9.59 Å². The Morgan fingerprint density at radius 1 is 0.792 bits per heavy atom. The predicted molar refractivity (Wildman–Crippen MR) is 98.6 cm³/mol. The van der Waals surface area contributed by atoms with Crippen molar-refractivity contribution in [1.29, 1.82) is 0 Å². The van der Waals surface area contributed by atoms with Gasteiger partial charge in [-0.05, 0) is 6.42 Å². The lowest BCUT2D eigenvalue weighted by atomic mass is 10.1. The van der Waals surface area contributed by atoms with Crippen LogP contribution < -0.4 is 0 Å². The summed E-state index contributed by atoms with van der Waals surface area (Å²) in [5, 5.41) is 0. The van der Waals surface area contributed by atoms with Gasteiger partial charge in [0.2, 0.25) is 3.79 Å². The van der Waals surface area contributed by atoms with Crippen molar-refractivity contribution in [3.05, 3.63) is 12.2 Å². The molecule has 0 saturated carbocycles. The Kier molecular flexibility index (Phi) is 14.6. The van der Waals surface area contributed by atoms with Crippen LogP contribution in [0.3, 0.4) is 0 Å². The van der Waals surface area contributed by atoms with Crippen molar-refractivity contribution < 1.29 is 19.1 Å². The maximum Gasteiger partial charge on any atom is 0.331 e. The van der Waals surface area contributed by atoms with Crippen molar-refractivity contribution in [3.8, 4) is 0 Å². The van der Waals surface area contributed by atoms with E-state index in [1.54, 1.807) is 0 Å². The van der Waals surface area contributed by atoms with E-state index in [1.165, 1.54) is 38.5 Å². The number of alkyl halides is 3. The van der Waals surface area contributed by atoms with Crippen molar-refractivity contribution in [2.24, 2.45) is 0 Å². The molecular weight excluding hydrogens is 375 g/mol. The van der Waals surface area contributed by atoms with Crippen LogP contribution in [0.5, 0.6) is 0 Å². The van der Waals surface area contributed by atoms with Gasteiger partial charge < -0.3 is 9.47 Å². The predicted octanol–water partition coefficient (Wildman–Crippen LogP) is 5.53. The largest absolute Gasteiger partial charge is 0.463 e. The number of unbranched alkanes of at least 4 members (excludes halogenated alkanes) is 8. The second-order valence-corrected chi connectivity index (χ2v) is 8.07. The zero-order chi connectivity index (χ0) is 18.3. The highest BCUT2D eigenvalue weighted by atomic mass is 35.6. The lowest BCUT2D eigenvalue weighted by Gasteiger charge is -2.09. The summed E-state index contributed by atoms with van der Waals surface area (Å²) in [5.41, 5.74) is 0. The van der Waals surface area contributed by atoms with Crippen LogP contribution in [-0.2, 0) is 19.1 Å². The minimum atomic E-state index is -1.67. The van der Waals surface area contributed by atoms with Crippen molar-refractivity contribution in [1.82, 2.24) is 0 Å². The van der Waals surface area contributed by atoms with Gasteiger partial charge in [0.25, 0.3) is 0 Å². The molecule has 0 unspecified atom stereocenters. The maximum absolute atomic E-state index is 11.4. The molecule has 0 saturated heterocycles. The fourth-order valence-electron chi connectivity index (χ4n) is 1.97. The summed E-state index contributed by atoms with van der Waals surface area (Å²) in [6.07, 6.45) is 12.7. The van der Waals surface area contributed by atoms with Gasteiger partial charge in [0.1, 0.15) is 6.61 Å². The van der Waals surface area contributed by atoms with Gasteiger partial charge in [-0.3, -0.25) is 0 Å². The highest BCUT2D eigenvalue weighted by Gasteiger charge is 2.21. The van der Waals surface area contributed by atoms with Crippen molar-refractivity contribution in [2.45, 2.75) is 68.5 Å². The number of carbonyl (C=O) groups is 2. The first-order chi connectivity index (χ1) is 11.3. The first kappa shape index (κ1) is 23.5. The SMILES string of the molecule is CCCCCCCCCCCOC(=O)/C=C/C(=O)OCC(Cl)(Cl)Cl. The molecule has 140 valence electrons. The Morgan fingerprint density at radius 3 is 1.75 bits per heavy atom. The summed E-state index contributed by atoms with van der Waals surface area (Å²) < 4.78 is 7.95. The smallest absolute Gasteiger partial charge is 0.331 e. The molecule has 0 aliphatic carbocycles. The zero-order valence-electron chi connectivity index (χ0n) is 14.2. The molecule has 0 aliphatic rings. The molecule has 0 radical (unpaired) electrons. The van der Waals surface area contributed by atoms with Gasteiger partial charge in [0.15, 0.2) is 0 Å². The number of halogens is 3. The Bertz CT molecular complexity index is 379. The quantitative estimate of drug-likeness (QED) is 0.176. The number of hydrogen-bond acceptors (Lipinski definition) is 4. The van der Waals surface area contributed by atoms with E-state index in [4.69, 9.17) is 39.5 Å². The van der Waals surface area contributed by atoms with Crippen LogP contribution in [0.15, 0.2) is 12.2 Å². The zero-order valence-corrected chi connectivity index (χ0v) is 16.5. The van der Waals surface area contributed by atoms with Gasteiger partial charge in [-0.2, -0.15) is 0 Å². The molecular formula is C17H27Cl3O4. The van der Waals surface area contributed by atoms with E-state index in [0.29, 0.717) is 6.61 Å². The van der Waals surface area contributed by atoms with Crippen LogP contribution in [0, 0.1) is 0 Å². The molecule has 0 atom stereocenters. The summed E-state index contributed by atoms with van der Waals surface area (Å²) >= 11 is 16.3. The average Bonchev–Trinajstić information content (AvgIpc) is 2.52. The van der Waals surface area contributed by atoms with Crippen LogP contribution >= 0.6 is 34.8 Å². The molecule has 0 fully saturated rings. The molecule has 0 amide bonds. The molecule has 0 spiro atoms. The van der Waals surface area contributed by atoms with Gasteiger partial charge in [-0.25, -0.2) is 9.59 Å². The molecule has 7 heteroatoms. The summed E-state index contributed by atoms with van der Waals surface area (Å²) in [6, 6.07) is 0. The van der Waals surface area contributed by atoms with Crippen LogP contribution in [0.4, 0.5) is 0 Å². The van der Waals surface area contributed by atoms with Gasteiger partial charge in [0.05, 0.1) is 6.61 Å². The number of hydrogen-bond donors (Lipinski definition) is 0. The second kappa shape index (κ2) is 14.9. The molecule has 4 nitrogen and oxygen atoms in total. The fourth-order valence-corrected chi connectivity index (χ4v) is 2.13. The second-order valence-electron chi connectivity index (χ2n) is 5.55. The van der Waals surface area contributed by atoms with Gasteiger partial charge in [-0.15, -0.1) is 0 Å². The lowest BCUT2D eigenvalue weighted by Crippen LogP contribution is -2.16. The fraction of sp³-hybridized carbons (Fsp3) is 0.765. The number of rotatable bonds is 13. The Hall–Kier alpha value is -0.450. The molecule has 0 aromatic heterocycles. The molecule has 0 rings (SSSR count). The molecule has 0 heterocycles. The Labute approximate surface area is 159 Å². The number of ether oxygens (including phenoxy) is 2. The number of carbonyl (C=O) groups excluding carboxylic acids is 2. The molecule has 0 aromatic carbocycles. The topological polar surface area (TPSA) is 52.6 Å². The van der Waals surface area contributed by atoms with E-state index >= 15 is 0 Å². The van der Waals surface area contributed by atoms with Crippen LogP contribution in [0.2, 0.25) is 0 Å². The van der Waals surface area contributed by atoms with Crippen LogP contribution in [0.25, 0.3) is 0 Å². The normalized spacial score (nSPS) is 11.7. The molecule has 0 bridgehead atoms. The summed E-state index contributed by atoms with van der Waals surface area (Å²) in [4.78, 5) is 22.6. The molecule has 0 aromatic rings. The highest BCUT2D eigenvalue weighted by Crippen LogP contribution is 2.25. The van der Waals surface area contributed by atoms with Crippen molar-refractivity contribution >= 4 is 46.7 Å². The minimum Gasteiger partial charge on any atom is -0.463 e. The molecule has 0 N–H and O–H groups in total. The Morgan fingerprint density at radius 2 is 1.25 bits per heavy atom. The Balaban J connectivity index is 3.52. The van der Waals surface area contributed by atoms with Gasteiger partial charge in [-0.1, -0.05) is 93.1 Å². The van der Waals surface area contributed by atoms with Gasteiger partial charge >= 0.3 is 11.9 Å². The molecule has 0 aliphatic heterocycles. The standard InChI is InChI=1S/C17H27Cl3O4/c1-2-3-4-5-6-7-8-9-10-13-23-15(21)11-12-16(22)24-14-17(18,19)20/h11-12H,2-10,13-14H2,1H3/b12-11+. The summed E-state index contributed by atoms with van der Waals surface area (Å²) in [7, 11) is 0. The van der Waals surface area contributed by atoms with Crippen molar-refractivity contribution in [2.75, 3.05) is 13.2 Å². The highest BCUT2D eigenvalue weighted by molar-refractivity contribution is 6.67. The van der Waals surface area contributed by atoms with E-state index in [-0.39, 0.29) is 6.61 Å². The van der Waals surface area contributed by atoms with Gasteiger partial charge in [0, 0.05) is 12.2 Å². The van der Waals surface area contributed by atoms with E-state index in [0.717, 1.165) is 31.4 Å². The van der Waals surface area contributed by atoms with Crippen LogP contribution in [0.1, 0.15) is 64.7 Å². The average molecular weight is 402 g/mol. The van der Waals surface area contributed by atoms with E-state index in [1.807, 2.05) is 0 Å². The maximum atomic E-state index is 11.4. The van der Waals surface area contributed by atoms with E-state index in [2.05, 4.69) is 11.7 Å². The van der Waals surface area contributed by atoms with E-state index < -0.39 is 15.7 Å². The van der Waals surface area contributed by atoms with Crippen LogP contribution in [-0.4, -0.2) is 28.9 Å². The first-order valence-corrected chi connectivity index (χ1v) is 9.57. The number of esters is 2. The lowest BCUT2D eigenvalue weighted by molar-refractivity contribution is -0.140. The third kappa shape index (κ3) is 17.9. The third-order valence-electron chi connectivity index (χ3n) is 3.23. The monoisotopic (exact) mass is 400 g/mol.